The molecule has 0 heterocycles. The number of fused-ring (bicyclic) bond motifs is 1. The molecule has 0 aliphatic heterocycles. The Morgan fingerprint density at radius 1 is 0.903 bits per heavy atom. The van der Waals surface area contributed by atoms with Crippen molar-refractivity contribution >= 4 is 54.8 Å². The predicted molar refractivity (Wildman–Crippen MR) is 132 cm³/mol. The highest BCUT2D eigenvalue weighted by Gasteiger charge is 2.10. The Bertz CT molecular complexity index is 1230. The lowest BCUT2D eigenvalue weighted by atomic mass is 10.0. The van der Waals surface area contributed by atoms with Crippen molar-refractivity contribution in [1.82, 2.24) is 5.43 Å². The number of hydrazone groups is 1. The number of nitrogens with zero attached hydrogens (tertiary/aromatic N) is 1. The Morgan fingerprint density at radius 3 is 2.35 bits per heavy atom. The summed E-state index contributed by atoms with van der Waals surface area (Å²) < 4.78 is 7.52. The molecular formula is C25H18Br2N2O2. The fourth-order valence-electron chi connectivity index (χ4n) is 3.17. The maximum Gasteiger partial charge on any atom is 0.271 e. The maximum absolute atomic E-state index is 12.6. The molecule has 6 heteroatoms. The lowest BCUT2D eigenvalue weighted by Gasteiger charge is -2.11. The van der Waals surface area contributed by atoms with Gasteiger partial charge in [-0.3, -0.25) is 4.79 Å². The van der Waals surface area contributed by atoms with Crippen molar-refractivity contribution in [3.8, 4) is 5.75 Å². The number of amides is 1. The van der Waals surface area contributed by atoms with E-state index < -0.39 is 0 Å². The Kier molecular flexibility index (Phi) is 6.79. The number of rotatable bonds is 6. The van der Waals surface area contributed by atoms with E-state index in [9.17, 15) is 4.79 Å². The molecule has 0 atom stereocenters. The van der Waals surface area contributed by atoms with Crippen molar-refractivity contribution in [1.29, 1.82) is 0 Å². The molecule has 4 rings (SSSR count). The van der Waals surface area contributed by atoms with Crippen LogP contribution in [0.15, 0.2) is 99.0 Å². The first-order valence-electron chi connectivity index (χ1n) is 9.59. The van der Waals surface area contributed by atoms with Crippen LogP contribution in [0.25, 0.3) is 10.8 Å². The van der Waals surface area contributed by atoms with Crippen molar-refractivity contribution in [2.45, 2.75) is 6.61 Å². The number of nitrogens with one attached hydrogen (secondary N) is 1. The SMILES string of the molecule is O=C(N/N=C\c1cc(Br)c(OCc2ccccc2)c(Br)c1)c1cccc2ccccc12. The molecule has 4 aromatic carbocycles. The molecule has 0 aliphatic carbocycles. The van der Waals surface area contributed by atoms with Gasteiger partial charge in [-0.1, -0.05) is 66.7 Å². The fraction of sp³-hybridized carbons (Fsp3) is 0.0400. The predicted octanol–water partition coefficient (Wildman–Crippen LogP) is 6.71. The van der Waals surface area contributed by atoms with Gasteiger partial charge >= 0.3 is 0 Å². The van der Waals surface area contributed by atoms with Crippen LogP contribution in [0.2, 0.25) is 0 Å². The first kappa shape index (κ1) is 21.3. The van der Waals surface area contributed by atoms with Crippen molar-refractivity contribution < 1.29 is 9.53 Å². The van der Waals surface area contributed by atoms with E-state index in [1.165, 1.54) is 0 Å². The zero-order chi connectivity index (χ0) is 21.6. The minimum absolute atomic E-state index is 0.256. The van der Waals surface area contributed by atoms with Crippen LogP contribution in [0.1, 0.15) is 21.5 Å². The lowest BCUT2D eigenvalue weighted by molar-refractivity contribution is 0.0957. The molecule has 4 aromatic rings. The summed E-state index contributed by atoms with van der Waals surface area (Å²) in [7, 11) is 0. The highest BCUT2D eigenvalue weighted by molar-refractivity contribution is 9.11. The molecule has 0 spiro atoms. The summed E-state index contributed by atoms with van der Waals surface area (Å²) in [4.78, 5) is 12.6. The zero-order valence-electron chi connectivity index (χ0n) is 16.4. The van der Waals surface area contributed by atoms with E-state index in [4.69, 9.17) is 4.74 Å². The van der Waals surface area contributed by atoms with Crippen molar-refractivity contribution in [2.24, 2.45) is 5.10 Å². The van der Waals surface area contributed by atoms with Gasteiger partial charge in [0.1, 0.15) is 12.4 Å². The number of hydrogen-bond donors (Lipinski definition) is 1. The number of ether oxygens (including phenoxy) is 1. The fourth-order valence-corrected chi connectivity index (χ4v) is 4.62. The third-order valence-corrected chi connectivity index (χ3v) is 5.84. The number of carbonyl (C=O) groups excluding carboxylic acids is 1. The van der Waals surface area contributed by atoms with Gasteiger partial charge in [0, 0.05) is 5.56 Å². The number of carbonyl (C=O) groups is 1. The van der Waals surface area contributed by atoms with E-state index in [2.05, 4.69) is 42.4 Å². The number of benzene rings is 4. The van der Waals surface area contributed by atoms with Crippen LogP contribution in [0.4, 0.5) is 0 Å². The minimum Gasteiger partial charge on any atom is -0.487 e. The van der Waals surface area contributed by atoms with E-state index in [0.717, 1.165) is 30.8 Å². The van der Waals surface area contributed by atoms with Crippen LogP contribution in [0.5, 0.6) is 5.75 Å². The molecule has 1 N–H and O–H groups in total. The first-order chi connectivity index (χ1) is 15.1. The third-order valence-electron chi connectivity index (χ3n) is 4.66. The second-order valence-electron chi connectivity index (χ2n) is 6.81. The monoisotopic (exact) mass is 536 g/mol. The van der Waals surface area contributed by atoms with Gasteiger partial charge < -0.3 is 4.74 Å². The molecular weight excluding hydrogens is 520 g/mol. The third kappa shape index (κ3) is 5.21. The molecule has 0 fully saturated rings. The summed E-state index contributed by atoms with van der Waals surface area (Å²) in [6.07, 6.45) is 1.60. The molecule has 0 unspecified atom stereocenters. The van der Waals surface area contributed by atoms with E-state index in [-0.39, 0.29) is 5.91 Å². The van der Waals surface area contributed by atoms with Crippen LogP contribution in [0, 0.1) is 0 Å². The average molecular weight is 538 g/mol. The summed E-state index contributed by atoms with van der Waals surface area (Å²) in [5.41, 5.74) is 5.09. The van der Waals surface area contributed by atoms with Crippen LogP contribution in [0.3, 0.4) is 0 Å². The molecule has 1 amide bonds. The smallest absolute Gasteiger partial charge is 0.271 e. The average Bonchev–Trinajstić information content (AvgIpc) is 2.79. The Balaban J connectivity index is 1.44. The molecule has 0 aliphatic rings. The largest absolute Gasteiger partial charge is 0.487 e. The van der Waals surface area contributed by atoms with Gasteiger partial charge in [0.2, 0.25) is 0 Å². The highest BCUT2D eigenvalue weighted by Crippen LogP contribution is 2.35. The van der Waals surface area contributed by atoms with E-state index in [1.807, 2.05) is 78.9 Å². The van der Waals surface area contributed by atoms with Crippen LogP contribution in [-0.4, -0.2) is 12.1 Å². The second kappa shape index (κ2) is 9.90. The van der Waals surface area contributed by atoms with Crippen molar-refractivity contribution in [3.63, 3.8) is 0 Å². The maximum atomic E-state index is 12.6. The second-order valence-corrected chi connectivity index (χ2v) is 8.52. The Morgan fingerprint density at radius 2 is 1.58 bits per heavy atom. The van der Waals surface area contributed by atoms with Gasteiger partial charge in [0.15, 0.2) is 0 Å². The molecule has 0 radical (unpaired) electrons. The van der Waals surface area contributed by atoms with Gasteiger partial charge in [-0.25, -0.2) is 5.43 Å². The van der Waals surface area contributed by atoms with E-state index >= 15 is 0 Å². The molecule has 0 saturated carbocycles. The zero-order valence-corrected chi connectivity index (χ0v) is 19.6. The molecule has 154 valence electrons. The topological polar surface area (TPSA) is 50.7 Å². The summed E-state index contributed by atoms with van der Waals surface area (Å²) in [6.45, 7) is 0.465. The summed E-state index contributed by atoms with van der Waals surface area (Å²) in [5.74, 6) is 0.454. The Labute approximate surface area is 197 Å². The van der Waals surface area contributed by atoms with E-state index in [1.54, 1.807) is 12.3 Å². The van der Waals surface area contributed by atoms with Gasteiger partial charge in [-0.15, -0.1) is 0 Å². The quantitative estimate of drug-likeness (QED) is 0.219. The molecule has 0 aromatic heterocycles. The first-order valence-corrected chi connectivity index (χ1v) is 11.2. The van der Waals surface area contributed by atoms with Gasteiger partial charge in [-0.2, -0.15) is 5.10 Å². The number of hydrogen-bond acceptors (Lipinski definition) is 3. The number of halogens is 2. The normalized spacial score (nSPS) is 11.0. The molecule has 0 saturated heterocycles. The summed E-state index contributed by atoms with van der Waals surface area (Å²) >= 11 is 7.10. The molecule has 4 nitrogen and oxygen atoms in total. The van der Waals surface area contributed by atoms with Gasteiger partial charge in [0.25, 0.3) is 5.91 Å². The lowest BCUT2D eigenvalue weighted by Crippen LogP contribution is -2.17. The summed E-state index contributed by atoms with van der Waals surface area (Å²) in [5, 5.41) is 6.03. The molecule has 31 heavy (non-hydrogen) atoms. The standard InChI is InChI=1S/C25H18Br2N2O2/c26-22-13-18(14-23(27)24(22)31-16-17-7-2-1-3-8-17)15-28-29-25(30)21-12-6-10-19-9-4-5-11-20(19)21/h1-15H,16H2,(H,29,30)/b28-15-. The Hall–Kier alpha value is -2.96. The van der Waals surface area contributed by atoms with Crippen molar-refractivity contribution in [3.05, 3.63) is 111 Å². The van der Waals surface area contributed by atoms with Crippen molar-refractivity contribution in [2.75, 3.05) is 0 Å². The minimum atomic E-state index is -0.256. The van der Waals surface area contributed by atoms with Crippen LogP contribution >= 0.6 is 31.9 Å². The van der Waals surface area contributed by atoms with Gasteiger partial charge in [0.05, 0.1) is 15.2 Å². The summed E-state index contributed by atoms with van der Waals surface area (Å²) in [6, 6.07) is 27.1. The van der Waals surface area contributed by atoms with Crippen LogP contribution in [-0.2, 0) is 6.61 Å². The van der Waals surface area contributed by atoms with E-state index in [0.29, 0.717) is 17.9 Å². The van der Waals surface area contributed by atoms with Crippen LogP contribution < -0.4 is 10.2 Å². The highest BCUT2D eigenvalue weighted by atomic mass is 79.9. The molecule has 0 bridgehead atoms. The van der Waals surface area contributed by atoms with Gasteiger partial charge in [-0.05, 0) is 72.0 Å².